The van der Waals surface area contributed by atoms with Gasteiger partial charge in [-0.3, -0.25) is 4.79 Å². The number of piperidine rings is 1. The fraction of sp³-hybridized carbons (Fsp3) is 0.467. The van der Waals surface area contributed by atoms with Crippen LogP contribution in [0.1, 0.15) is 12.8 Å². The molecule has 1 atom stereocenters. The van der Waals surface area contributed by atoms with E-state index in [0.717, 1.165) is 46.3 Å². The number of rotatable bonds is 2. The van der Waals surface area contributed by atoms with Crippen LogP contribution in [0.3, 0.4) is 0 Å². The summed E-state index contributed by atoms with van der Waals surface area (Å²) in [7, 11) is 3.64. The standard InChI is InChI=1S/C15H18ClN3OS/c1-18(2)14(20)10-4-3-7-19(9-10)15-17-12-6-5-11(16)8-13(12)21-15/h5-6,8,10H,3-4,7,9H2,1-2H3. The minimum Gasteiger partial charge on any atom is -0.349 e. The minimum absolute atomic E-state index is 0.0735. The van der Waals surface area contributed by atoms with Gasteiger partial charge >= 0.3 is 0 Å². The van der Waals surface area contributed by atoms with E-state index in [0.29, 0.717) is 0 Å². The molecule has 1 aromatic carbocycles. The summed E-state index contributed by atoms with van der Waals surface area (Å²) in [4.78, 5) is 20.8. The highest BCUT2D eigenvalue weighted by Gasteiger charge is 2.28. The fourth-order valence-electron chi connectivity index (χ4n) is 2.74. The maximum atomic E-state index is 12.2. The van der Waals surface area contributed by atoms with Crippen LogP contribution in [0.2, 0.25) is 5.02 Å². The van der Waals surface area contributed by atoms with Crippen molar-refractivity contribution in [1.29, 1.82) is 0 Å². The zero-order chi connectivity index (χ0) is 15.0. The van der Waals surface area contributed by atoms with Gasteiger partial charge in [-0.1, -0.05) is 22.9 Å². The first-order valence-corrected chi connectivity index (χ1v) is 8.26. The van der Waals surface area contributed by atoms with Crippen molar-refractivity contribution >= 4 is 44.2 Å². The van der Waals surface area contributed by atoms with Gasteiger partial charge in [-0.15, -0.1) is 0 Å². The number of thiazole rings is 1. The molecule has 1 fully saturated rings. The number of hydrogen-bond donors (Lipinski definition) is 0. The predicted molar refractivity (Wildman–Crippen MR) is 88.3 cm³/mol. The highest BCUT2D eigenvalue weighted by molar-refractivity contribution is 7.22. The monoisotopic (exact) mass is 323 g/mol. The van der Waals surface area contributed by atoms with Crippen LogP contribution >= 0.6 is 22.9 Å². The second-order valence-corrected chi connectivity index (χ2v) is 7.07. The van der Waals surface area contributed by atoms with Crippen molar-refractivity contribution in [2.75, 3.05) is 32.1 Å². The molecule has 1 aromatic heterocycles. The number of amides is 1. The van der Waals surface area contributed by atoms with E-state index in [-0.39, 0.29) is 11.8 Å². The lowest BCUT2D eigenvalue weighted by molar-refractivity contribution is -0.133. The smallest absolute Gasteiger partial charge is 0.226 e. The van der Waals surface area contributed by atoms with E-state index in [9.17, 15) is 4.79 Å². The Morgan fingerprint density at radius 3 is 3.05 bits per heavy atom. The SMILES string of the molecule is CN(C)C(=O)C1CCCN(c2nc3ccc(Cl)cc3s2)C1. The lowest BCUT2D eigenvalue weighted by Crippen LogP contribution is -2.42. The van der Waals surface area contributed by atoms with Crippen molar-refractivity contribution in [2.45, 2.75) is 12.8 Å². The first-order chi connectivity index (χ1) is 10.0. The Hall–Kier alpha value is -1.33. The first-order valence-electron chi connectivity index (χ1n) is 7.07. The summed E-state index contributed by atoms with van der Waals surface area (Å²) in [6.45, 7) is 1.72. The van der Waals surface area contributed by atoms with Crippen molar-refractivity contribution in [3.05, 3.63) is 23.2 Å². The second-order valence-electron chi connectivity index (χ2n) is 5.63. The normalized spacial score (nSPS) is 19.0. The van der Waals surface area contributed by atoms with E-state index >= 15 is 0 Å². The van der Waals surface area contributed by atoms with E-state index in [4.69, 9.17) is 11.6 Å². The summed E-state index contributed by atoms with van der Waals surface area (Å²) in [6, 6.07) is 5.76. The Morgan fingerprint density at radius 1 is 1.48 bits per heavy atom. The minimum atomic E-state index is 0.0735. The van der Waals surface area contributed by atoms with Gasteiger partial charge in [0.15, 0.2) is 5.13 Å². The van der Waals surface area contributed by atoms with Crippen LogP contribution in [0, 0.1) is 5.92 Å². The highest BCUT2D eigenvalue weighted by atomic mass is 35.5. The second kappa shape index (κ2) is 5.81. The van der Waals surface area contributed by atoms with Crippen LogP contribution < -0.4 is 4.90 Å². The molecule has 1 unspecified atom stereocenters. The largest absolute Gasteiger partial charge is 0.349 e. The molecule has 3 rings (SSSR count). The van der Waals surface area contributed by atoms with Crippen molar-refractivity contribution in [3.8, 4) is 0 Å². The first kappa shape index (κ1) is 14.6. The van der Waals surface area contributed by atoms with Crippen molar-refractivity contribution in [1.82, 2.24) is 9.88 Å². The Kier molecular flexibility index (Phi) is 4.04. The van der Waals surface area contributed by atoms with Crippen molar-refractivity contribution in [3.63, 3.8) is 0 Å². The van der Waals surface area contributed by atoms with Gasteiger partial charge in [0.2, 0.25) is 5.91 Å². The Bertz CT molecular complexity index is 670. The van der Waals surface area contributed by atoms with Crippen LogP contribution in [0.5, 0.6) is 0 Å². The topological polar surface area (TPSA) is 36.4 Å². The maximum absolute atomic E-state index is 12.2. The van der Waals surface area contributed by atoms with Crippen LogP contribution in [0.4, 0.5) is 5.13 Å². The summed E-state index contributed by atoms with van der Waals surface area (Å²) in [5.41, 5.74) is 0.973. The molecule has 2 heterocycles. The van der Waals surface area contributed by atoms with Gasteiger partial charge in [0.1, 0.15) is 0 Å². The van der Waals surface area contributed by atoms with Crippen LogP contribution in [0.15, 0.2) is 18.2 Å². The van der Waals surface area contributed by atoms with Crippen LogP contribution in [-0.2, 0) is 4.79 Å². The Morgan fingerprint density at radius 2 is 2.29 bits per heavy atom. The van der Waals surface area contributed by atoms with Gasteiger partial charge in [0.05, 0.1) is 16.1 Å². The van der Waals surface area contributed by atoms with Crippen molar-refractivity contribution in [2.24, 2.45) is 5.92 Å². The molecule has 1 aliphatic heterocycles. The Labute approximate surface area is 133 Å². The number of benzene rings is 1. The molecule has 21 heavy (non-hydrogen) atoms. The van der Waals surface area contributed by atoms with E-state index in [2.05, 4.69) is 9.88 Å². The van der Waals surface area contributed by atoms with Gasteiger partial charge in [-0.05, 0) is 31.0 Å². The van der Waals surface area contributed by atoms with Gasteiger partial charge in [0.25, 0.3) is 0 Å². The fourth-order valence-corrected chi connectivity index (χ4v) is 4.02. The molecular formula is C15H18ClN3OS. The molecule has 4 nitrogen and oxygen atoms in total. The summed E-state index contributed by atoms with van der Waals surface area (Å²) >= 11 is 7.67. The van der Waals surface area contributed by atoms with E-state index in [1.165, 1.54) is 0 Å². The number of aromatic nitrogens is 1. The third-order valence-electron chi connectivity index (χ3n) is 3.82. The average molecular weight is 324 g/mol. The summed E-state index contributed by atoms with van der Waals surface area (Å²) in [6.07, 6.45) is 1.99. The molecule has 0 radical (unpaired) electrons. The molecule has 6 heteroatoms. The number of hydrogen-bond acceptors (Lipinski definition) is 4. The summed E-state index contributed by atoms with van der Waals surface area (Å²) in [5.74, 6) is 0.285. The Balaban J connectivity index is 1.83. The molecule has 1 saturated heterocycles. The third kappa shape index (κ3) is 2.99. The van der Waals surface area contributed by atoms with Gasteiger partial charge in [-0.2, -0.15) is 0 Å². The van der Waals surface area contributed by atoms with Gasteiger partial charge < -0.3 is 9.80 Å². The van der Waals surface area contributed by atoms with Crippen molar-refractivity contribution < 1.29 is 4.79 Å². The van der Waals surface area contributed by atoms with Gasteiger partial charge in [0, 0.05) is 32.2 Å². The van der Waals surface area contributed by atoms with E-state index in [1.54, 1.807) is 16.2 Å². The molecule has 0 spiro atoms. The lowest BCUT2D eigenvalue weighted by atomic mass is 9.97. The zero-order valence-corrected chi connectivity index (χ0v) is 13.7. The third-order valence-corrected chi connectivity index (χ3v) is 5.14. The molecule has 0 saturated carbocycles. The number of fused-ring (bicyclic) bond motifs is 1. The number of nitrogens with zero attached hydrogens (tertiary/aromatic N) is 3. The maximum Gasteiger partial charge on any atom is 0.226 e. The molecule has 0 bridgehead atoms. The summed E-state index contributed by atoms with van der Waals surface area (Å²) in [5, 5.41) is 1.72. The number of carbonyl (C=O) groups excluding carboxylic acids is 1. The van der Waals surface area contributed by atoms with E-state index in [1.807, 2.05) is 32.3 Å². The quantitative estimate of drug-likeness (QED) is 0.851. The number of halogens is 1. The number of carbonyl (C=O) groups is 1. The highest BCUT2D eigenvalue weighted by Crippen LogP contribution is 2.33. The molecule has 0 N–H and O–H groups in total. The summed E-state index contributed by atoms with van der Waals surface area (Å²) < 4.78 is 1.10. The molecule has 112 valence electrons. The molecular weight excluding hydrogens is 306 g/mol. The van der Waals surface area contributed by atoms with Crippen LogP contribution in [-0.4, -0.2) is 43.0 Å². The average Bonchev–Trinajstić information content (AvgIpc) is 2.89. The predicted octanol–water partition coefficient (Wildman–Crippen LogP) is 3.25. The van der Waals surface area contributed by atoms with Gasteiger partial charge in [-0.25, -0.2) is 4.98 Å². The molecule has 1 amide bonds. The van der Waals surface area contributed by atoms with E-state index < -0.39 is 0 Å². The zero-order valence-electron chi connectivity index (χ0n) is 12.2. The van der Waals surface area contributed by atoms with Crippen LogP contribution in [0.25, 0.3) is 10.2 Å². The lowest BCUT2D eigenvalue weighted by Gasteiger charge is -2.32. The molecule has 2 aromatic rings. The number of anilines is 1. The molecule has 0 aliphatic carbocycles. The molecule has 1 aliphatic rings.